The van der Waals surface area contributed by atoms with Crippen molar-refractivity contribution < 1.29 is 4.79 Å². The fourth-order valence-electron chi connectivity index (χ4n) is 0.669. The Hall–Kier alpha value is -0.440. The number of allylic oxidation sites excluding steroid dienone is 1. The van der Waals surface area contributed by atoms with Gasteiger partial charge in [0, 0.05) is 7.05 Å². The Balaban J connectivity index is 4.03. The fraction of sp³-hybridized carbons (Fsp3) is 0.667. The molecule has 0 spiro atoms. The topological polar surface area (TPSA) is 29.1 Å². The molecule has 0 radical (unpaired) electrons. The second kappa shape index (κ2) is 5.25. The van der Waals surface area contributed by atoms with Crippen LogP contribution in [0.5, 0.6) is 0 Å². The summed E-state index contributed by atoms with van der Waals surface area (Å²) in [6.07, 6.45) is 3.06. The fourth-order valence-corrected chi connectivity index (χ4v) is 1.51. The van der Waals surface area contributed by atoms with E-state index in [2.05, 4.69) is 18.3 Å². The molecule has 0 aromatic heterocycles. The summed E-state index contributed by atoms with van der Waals surface area (Å²) in [7, 11) is 1.66. The summed E-state index contributed by atoms with van der Waals surface area (Å²) in [4.78, 5) is 11.3. The van der Waals surface area contributed by atoms with Gasteiger partial charge in [0.15, 0.2) is 0 Å². The standard InChI is InChI=1S/C9H17NOS/c1-5-6-7-12-9(2,3)8(11)10-4/h6-7H,5H2,1-4H3,(H,10,11)/b7-6+. The Bertz CT molecular complexity index is 175. The summed E-state index contributed by atoms with van der Waals surface area (Å²) in [5.41, 5.74) is 0. The molecule has 0 aliphatic heterocycles. The van der Waals surface area contributed by atoms with E-state index in [-0.39, 0.29) is 10.7 Å². The van der Waals surface area contributed by atoms with Crippen LogP contribution in [-0.2, 0) is 4.79 Å². The summed E-state index contributed by atoms with van der Waals surface area (Å²) in [6.45, 7) is 5.90. The molecule has 0 aliphatic rings. The molecule has 0 saturated carbocycles. The summed E-state index contributed by atoms with van der Waals surface area (Å²) in [6, 6.07) is 0. The number of carbonyl (C=O) groups excluding carboxylic acids is 1. The van der Waals surface area contributed by atoms with E-state index < -0.39 is 0 Å². The molecule has 0 fully saturated rings. The molecule has 0 atom stereocenters. The Labute approximate surface area is 78.8 Å². The van der Waals surface area contributed by atoms with E-state index in [0.717, 1.165) is 6.42 Å². The molecule has 3 heteroatoms. The minimum Gasteiger partial charge on any atom is -0.358 e. The van der Waals surface area contributed by atoms with Gasteiger partial charge in [-0.15, -0.1) is 11.8 Å². The number of rotatable bonds is 4. The Kier molecular flexibility index (Phi) is 5.06. The minimum atomic E-state index is -0.361. The lowest BCUT2D eigenvalue weighted by molar-refractivity contribution is -0.122. The third-order valence-corrected chi connectivity index (χ3v) is 2.57. The van der Waals surface area contributed by atoms with Crippen LogP contribution in [-0.4, -0.2) is 17.7 Å². The number of nitrogens with one attached hydrogen (secondary N) is 1. The molecule has 0 saturated heterocycles. The molecule has 0 aromatic carbocycles. The Morgan fingerprint density at radius 2 is 2.17 bits per heavy atom. The van der Waals surface area contributed by atoms with E-state index in [1.165, 1.54) is 0 Å². The van der Waals surface area contributed by atoms with E-state index in [4.69, 9.17) is 0 Å². The van der Waals surface area contributed by atoms with Gasteiger partial charge >= 0.3 is 0 Å². The van der Waals surface area contributed by atoms with E-state index in [9.17, 15) is 4.79 Å². The van der Waals surface area contributed by atoms with Crippen LogP contribution in [0.25, 0.3) is 0 Å². The monoisotopic (exact) mass is 187 g/mol. The smallest absolute Gasteiger partial charge is 0.235 e. The third-order valence-electron chi connectivity index (χ3n) is 1.47. The number of amides is 1. The molecule has 2 nitrogen and oxygen atoms in total. The van der Waals surface area contributed by atoms with Gasteiger partial charge < -0.3 is 5.32 Å². The second-order valence-electron chi connectivity index (χ2n) is 2.99. The molecule has 0 aromatic rings. The molecule has 1 amide bonds. The molecule has 0 bridgehead atoms. The van der Waals surface area contributed by atoms with Gasteiger partial charge in [0.2, 0.25) is 5.91 Å². The Morgan fingerprint density at radius 3 is 2.58 bits per heavy atom. The zero-order chi connectivity index (χ0) is 9.61. The third kappa shape index (κ3) is 3.81. The highest BCUT2D eigenvalue weighted by Gasteiger charge is 2.25. The molecule has 12 heavy (non-hydrogen) atoms. The molecule has 0 rings (SSSR count). The van der Waals surface area contributed by atoms with Crippen LogP contribution in [0.3, 0.4) is 0 Å². The maximum Gasteiger partial charge on any atom is 0.235 e. The number of hydrogen-bond donors (Lipinski definition) is 1. The van der Waals surface area contributed by atoms with Gasteiger partial charge in [0.05, 0.1) is 4.75 Å². The van der Waals surface area contributed by atoms with Crippen LogP contribution in [0, 0.1) is 0 Å². The first kappa shape index (κ1) is 11.6. The largest absolute Gasteiger partial charge is 0.358 e. The van der Waals surface area contributed by atoms with Crippen LogP contribution in [0.15, 0.2) is 11.5 Å². The average Bonchev–Trinajstić information content (AvgIpc) is 2.03. The first-order valence-electron chi connectivity index (χ1n) is 4.09. The lowest BCUT2D eigenvalue weighted by atomic mass is 10.2. The maximum absolute atomic E-state index is 11.3. The van der Waals surface area contributed by atoms with E-state index in [1.54, 1.807) is 18.8 Å². The summed E-state index contributed by atoms with van der Waals surface area (Å²) in [5, 5.41) is 4.62. The van der Waals surface area contributed by atoms with Crippen molar-refractivity contribution in [2.24, 2.45) is 0 Å². The predicted octanol–water partition coefficient (Wildman–Crippen LogP) is 2.17. The molecular formula is C9H17NOS. The van der Waals surface area contributed by atoms with Gasteiger partial charge in [-0.25, -0.2) is 0 Å². The molecule has 0 unspecified atom stereocenters. The van der Waals surface area contributed by atoms with E-state index in [0.29, 0.717) is 0 Å². The zero-order valence-electron chi connectivity index (χ0n) is 8.18. The van der Waals surface area contributed by atoms with Crippen molar-refractivity contribution in [2.75, 3.05) is 7.05 Å². The SMILES string of the molecule is CC/C=C/SC(C)(C)C(=O)NC. The number of thioether (sulfide) groups is 1. The quantitative estimate of drug-likeness (QED) is 0.731. The van der Waals surface area contributed by atoms with E-state index in [1.807, 2.05) is 19.3 Å². The molecule has 1 N–H and O–H groups in total. The van der Waals surface area contributed by atoms with Gasteiger partial charge in [-0.05, 0) is 25.7 Å². The zero-order valence-corrected chi connectivity index (χ0v) is 8.99. The normalized spacial score (nSPS) is 12.0. The Morgan fingerprint density at radius 1 is 1.58 bits per heavy atom. The van der Waals surface area contributed by atoms with Gasteiger partial charge in [-0.3, -0.25) is 4.79 Å². The number of carbonyl (C=O) groups is 1. The van der Waals surface area contributed by atoms with Gasteiger partial charge in [0.25, 0.3) is 0 Å². The van der Waals surface area contributed by atoms with Crippen molar-refractivity contribution in [2.45, 2.75) is 31.9 Å². The van der Waals surface area contributed by atoms with Crippen molar-refractivity contribution in [1.29, 1.82) is 0 Å². The van der Waals surface area contributed by atoms with Crippen LogP contribution < -0.4 is 5.32 Å². The number of hydrogen-bond acceptors (Lipinski definition) is 2. The van der Waals surface area contributed by atoms with Crippen molar-refractivity contribution >= 4 is 17.7 Å². The van der Waals surface area contributed by atoms with Crippen molar-refractivity contribution in [3.8, 4) is 0 Å². The van der Waals surface area contributed by atoms with Gasteiger partial charge in [-0.2, -0.15) is 0 Å². The summed E-state index contributed by atoms with van der Waals surface area (Å²) in [5.74, 6) is 0.0632. The predicted molar refractivity (Wildman–Crippen MR) is 55.2 cm³/mol. The highest BCUT2D eigenvalue weighted by atomic mass is 32.2. The van der Waals surface area contributed by atoms with Crippen LogP contribution in [0.4, 0.5) is 0 Å². The van der Waals surface area contributed by atoms with Gasteiger partial charge in [0.1, 0.15) is 0 Å². The molecule has 0 heterocycles. The lowest BCUT2D eigenvalue weighted by Gasteiger charge is -2.19. The van der Waals surface area contributed by atoms with Crippen LogP contribution in [0.2, 0.25) is 0 Å². The minimum absolute atomic E-state index is 0.0632. The van der Waals surface area contributed by atoms with Crippen molar-refractivity contribution in [1.82, 2.24) is 5.32 Å². The summed E-state index contributed by atoms with van der Waals surface area (Å²) < 4.78 is -0.361. The first-order chi connectivity index (χ1) is 5.54. The van der Waals surface area contributed by atoms with Crippen LogP contribution >= 0.6 is 11.8 Å². The first-order valence-corrected chi connectivity index (χ1v) is 4.97. The van der Waals surface area contributed by atoms with Gasteiger partial charge in [-0.1, -0.05) is 13.0 Å². The molecule has 70 valence electrons. The lowest BCUT2D eigenvalue weighted by Crippen LogP contribution is -2.36. The summed E-state index contributed by atoms with van der Waals surface area (Å²) >= 11 is 1.54. The molecule has 0 aliphatic carbocycles. The van der Waals surface area contributed by atoms with Crippen LogP contribution in [0.1, 0.15) is 27.2 Å². The van der Waals surface area contributed by atoms with Crippen molar-refractivity contribution in [3.05, 3.63) is 11.5 Å². The highest BCUT2D eigenvalue weighted by molar-refractivity contribution is 8.04. The van der Waals surface area contributed by atoms with Crippen molar-refractivity contribution in [3.63, 3.8) is 0 Å². The molecular weight excluding hydrogens is 170 g/mol. The second-order valence-corrected chi connectivity index (χ2v) is 4.52. The average molecular weight is 187 g/mol. The van der Waals surface area contributed by atoms with E-state index >= 15 is 0 Å². The maximum atomic E-state index is 11.3. The highest BCUT2D eigenvalue weighted by Crippen LogP contribution is 2.25.